The van der Waals surface area contributed by atoms with Crippen LogP contribution in [0.5, 0.6) is 0 Å². The Balaban J connectivity index is 0. The zero-order valence-corrected chi connectivity index (χ0v) is 9.50. The Bertz CT molecular complexity index is 16.3. The van der Waals surface area contributed by atoms with Crippen LogP contribution >= 0.6 is 0 Å². The molecule has 0 rings (SSSR count). The molecule has 0 unspecified atom stereocenters. The van der Waals surface area contributed by atoms with Crippen molar-refractivity contribution in [3.63, 3.8) is 0 Å². The van der Waals surface area contributed by atoms with Gasteiger partial charge in [0.25, 0.3) is 0 Å². The number of hydrogen-bond donors (Lipinski definition) is 0. The van der Waals surface area contributed by atoms with E-state index < -0.39 is 0 Å². The average molecular weight is 167 g/mol. The van der Waals surface area contributed by atoms with Crippen LogP contribution in [0.2, 0.25) is 5.52 Å². The second-order valence-corrected chi connectivity index (χ2v) is 1.71. The van der Waals surface area contributed by atoms with Crippen LogP contribution in [0, 0.1) is 0 Å². The van der Waals surface area contributed by atoms with Crippen molar-refractivity contribution in [3.05, 3.63) is 0 Å². The van der Waals surface area contributed by atoms with Crippen molar-refractivity contribution in [2.45, 2.75) is 45.0 Å². The molecule has 0 aliphatic heterocycles. The summed E-state index contributed by atoms with van der Waals surface area (Å²) in [6, 6.07) is 0. The van der Waals surface area contributed by atoms with Crippen LogP contribution in [0.1, 0.15) is 39.5 Å². The maximum atomic E-state index is 2.23. The normalized spacial score (nSPS) is 7.62. The molecule has 0 aliphatic rings. The molecule has 47 valence electrons. The average Bonchev–Trinajstić information content (AvgIpc) is 1.88. The van der Waals surface area contributed by atoms with Gasteiger partial charge >= 0.3 is 23.8 Å². The molecular weight excluding hydrogens is 149 g/mol. The van der Waals surface area contributed by atoms with E-state index in [0.717, 1.165) is 0 Å². The molecule has 0 amide bonds. The van der Waals surface area contributed by atoms with Gasteiger partial charge < -0.3 is 0 Å². The minimum absolute atomic E-state index is 1.36. The van der Waals surface area contributed by atoms with Gasteiger partial charge in [0.05, 0.1) is 0 Å². The van der Waals surface area contributed by atoms with Crippen LogP contribution < -0.4 is 0 Å². The third kappa shape index (κ3) is 16.0. The third-order valence-corrected chi connectivity index (χ3v) is 0.957. The number of unbranched alkanes of at least 4 members (excludes halogenated alkanes) is 3. The first kappa shape index (κ1) is 11.4. The van der Waals surface area contributed by atoms with Gasteiger partial charge in [-0.25, -0.2) is 0 Å². The van der Waals surface area contributed by atoms with Crippen LogP contribution in [-0.4, -0.2) is 0 Å². The van der Waals surface area contributed by atoms with Gasteiger partial charge in [0.15, 0.2) is 0 Å². The first-order valence-corrected chi connectivity index (χ1v) is 6.59. The molecule has 0 aromatic rings. The Kier molecular flexibility index (Phi) is 22.3. The van der Waals surface area contributed by atoms with E-state index in [4.69, 9.17) is 0 Å². The monoisotopic (exact) mass is 165 g/mol. The summed E-state index contributed by atoms with van der Waals surface area (Å²) in [6.45, 7) is 4.46. The predicted molar refractivity (Wildman–Crippen MR) is 35.7 cm³/mol. The molecule has 0 bridgehead atoms. The first-order valence-electron chi connectivity index (χ1n) is 3.62. The summed E-state index contributed by atoms with van der Waals surface area (Å²) in [5.41, 5.74) is 2.12. The van der Waals surface area contributed by atoms with E-state index in [2.05, 4.69) is 19.4 Å². The molecular formula is C7H17Zn. The van der Waals surface area contributed by atoms with Gasteiger partial charge in [0, 0.05) is 0 Å². The summed E-state index contributed by atoms with van der Waals surface area (Å²) in [4.78, 5) is 0. The van der Waals surface area contributed by atoms with Gasteiger partial charge in [-0.2, -0.15) is 0 Å². The second kappa shape index (κ2) is 15.6. The fourth-order valence-corrected chi connectivity index (χ4v) is 0.500. The van der Waals surface area contributed by atoms with Crippen LogP contribution in [0.15, 0.2) is 0 Å². The van der Waals surface area contributed by atoms with Crippen molar-refractivity contribution in [3.8, 4) is 0 Å². The molecule has 0 aliphatic carbocycles. The predicted octanol–water partition coefficient (Wildman–Crippen LogP) is 3.17. The Hall–Kier alpha value is 0.623. The quantitative estimate of drug-likeness (QED) is 0.446. The van der Waals surface area contributed by atoms with E-state index in [1.54, 1.807) is 0 Å². The van der Waals surface area contributed by atoms with Gasteiger partial charge in [-0.1, -0.05) is 39.5 Å². The van der Waals surface area contributed by atoms with E-state index in [0.29, 0.717) is 0 Å². The van der Waals surface area contributed by atoms with Crippen molar-refractivity contribution < 1.29 is 18.3 Å². The van der Waals surface area contributed by atoms with Gasteiger partial charge in [0.1, 0.15) is 0 Å². The second-order valence-electron chi connectivity index (χ2n) is 1.71. The third-order valence-electron chi connectivity index (χ3n) is 0.957. The fourth-order valence-electron chi connectivity index (χ4n) is 0.500. The number of hydrogen-bond acceptors (Lipinski definition) is 0. The summed E-state index contributed by atoms with van der Waals surface area (Å²) < 4.78 is 0. The Morgan fingerprint density at radius 3 is 1.25 bits per heavy atom. The summed E-state index contributed by atoms with van der Waals surface area (Å²) in [5.74, 6) is 0. The molecule has 0 aromatic heterocycles. The van der Waals surface area contributed by atoms with E-state index in [1.165, 1.54) is 44.0 Å². The Labute approximate surface area is 63.7 Å². The van der Waals surface area contributed by atoms with Crippen molar-refractivity contribution in [2.24, 2.45) is 0 Å². The van der Waals surface area contributed by atoms with E-state index in [-0.39, 0.29) is 0 Å². The SMILES string of the molecule is CCCCCC.[CH3][Zn]. The van der Waals surface area contributed by atoms with E-state index >= 15 is 0 Å². The summed E-state index contributed by atoms with van der Waals surface area (Å²) in [7, 11) is 0. The molecule has 0 heterocycles. The fraction of sp³-hybridized carbons (Fsp3) is 1.00. The summed E-state index contributed by atoms with van der Waals surface area (Å²) in [5, 5.41) is 0. The molecule has 1 heteroatoms. The summed E-state index contributed by atoms with van der Waals surface area (Å²) in [6.07, 6.45) is 5.54. The van der Waals surface area contributed by atoms with Gasteiger partial charge in [-0.05, 0) is 0 Å². The molecule has 0 nitrogen and oxygen atoms in total. The van der Waals surface area contributed by atoms with Crippen molar-refractivity contribution in [2.75, 3.05) is 0 Å². The molecule has 0 fully saturated rings. The van der Waals surface area contributed by atoms with Crippen LogP contribution in [0.4, 0.5) is 0 Å². The van der Waals surface area contributed by atoms with Crippen LogP contribution in [0.25, 0.3) is 0 Å². The molecule has 0 atom stereocenters. The van der Waals surface area contributed by atoms with Crippen LogP contribution in [-0.2, 0) is 18.3 Å². The van der Waals surface area contributed by atoms with Crippen LogP contribution in [0.3, 0.4) is 0 Å². The molecule has 0 N–H and O–H groups in total. The topological polar surface area (TPSA) is 0 Å². The minimum atomic E-state index is 1.36. The van der Waals surface area contributed by atoms with Crippen molar-refractivity contribution in [1.29, 1.82) is 0 Å². The van der Waals surface area contributed by atoms with Crippen molar-refractivity contribution >= 4 is 0 Å². The van der Waals surface area contributed by atoms with E-state index in [9.17, 15) is 0 Å². The Morgan fingerprint density at radius 1 is 0.875 bits per heavy atom. The van der Waals surface area contributed by atoms with E-state index in [1.807, 2.05) is 0 Å². The molecule has 0 radical (unpaired) electrons. The zero-order chi connectivity index (χ0) is 6.83. The molecule has 0 saturated carbocycles. The molecule has 0 spiro atoms. The molecule has 0 saturated heterocycles. The standard InChI is InChI=1S/C6H14.CH3.Zn/c1-3-5-6-4-2;;/h3-6H2,1-2H3;1H3;. The van der Waals surface area contributed by atoms with Crippen molar-refractivity contribution in [1.82, 2.24) is 0 Å². The molecule has 0 aromatic carbocycles. The maximum absolute atomic E-state index is 2.23. The van der Waals surface area contributed by atoms with Gasteiger partial charge in [-0.15, -0.1) is 0 Å². The molecule has 8 heavy (non-hydrogen) atoms. The number of rotatable bonds is 3. The summed E-state index contributed by atoms with van der Waals surface area (Å²) >= 11 is 1.38. The Morgan fingerprint density at radius 2 is 1.12 bits per heavy atom. The first-order chi connectivity index (χ1) is 3.91. The zero-order valence-electron chi connectivity index (χ0n) is 6.54. The van der Waals surface area contributed by atoms with Gasteiger partial charge in [-0.3, -0.25) is 0 Å². The van der Waals surface area contributed by atoms with Gasteiger partial charge in [0.2, 0.25) is 0 Å².